The number of rotatable bonds is 5. The summed E-state index contributed by atoms with van der Waals surface area (Å²) in [5, 5.41) is 10.4. The third kappa shape index (κ3) is 3.29. The molecule has 0 aliphatic carbocycles. The van der Waals surface area contributed by atoms with E-state index in [0.29, 0.717) is 23.1 Å². The molecule has 0 aliphatic rings. The summed E-state index contributed by atoms with van der Waals surface area (Å²) >= 11 is 0. The number of fused-ring (bicyclic) bond motifs is 1. The maximum atomic E-state index is 12.4. The van der Waals surface area contributed by atoms with Crippen LogP contribution in [0.3, 0.4) is 0 Å². The topological polar surface area (TPSA) is 99.9 Å². The summed E-state index contributed by atoms with van der Waals surface area (Å²) in [4.78, 5) is 26.8. The van der Waals surface area contributed by atoms with Crippen molar-refractivity contribution in [1.82, 2.24) is 20.5 Å². The molecule has 2 heterocycles. The molecule has 0 atom stereocenters. The second-order valence-electron chi connectivity index (χ2n) is 5.09. The van der Waals surface area contributed by atoms with Gasteiger partial charge in [0.1, 0.15) is 0 Å². The van der Waals surface area contributed by atoms with Gasteiger partial charge in [-0.2, -0.15) is 5.10 Å². The number of aromatic amines is 2. The van der Waals surface area contributed by atoms with Crippen LogP contribution in [0.1, 0.15) is 21.7 Å². The number of methoxy groups -OCH3 is 1. The van der Waals surface area contributed by atoms with Gasteiger partial charge in [0.05, 0.1) is 30.1 Å². The van der Waals surface area contributed by atoms with Crippen LogP contribution in [0.25, 0.3) is 10.9 Å². The number of carbonyl (C=O) groups is 1. The SMILES string of the molecule is COCc1cc(CNC(=O)c2cc(=O)[nH]c3ccccc23)[nH]n1. The molecule has 1 amide bonds. The molecule has 0 fully saturated rings. The first-order valence-electron chi connectivity index (χ1n) is 7.10. The lowest BCUT2D eigenvalue weighted by Crippen LogP contribution is -2.25. The fourth-order valence-electron chi connectivity index (χ4n) is 2.38. The third-order valence-corrected chi connectivity index (χ3v) is 3.41. The molecule has 0 aliphatic heterocycles. The van der Waals surface area contributed by atoms with E-state index >= 15 is 0 Å². The van der Waals surface area contributed by atoms with Crippen molar-refractivity contribution in [3.05, 3.63) is 63.7 Å². The van der Waals surface area contributed by atoms with Crippen molar-refractivity contribution in [2.75, 3.05) is 7.11 Å². The Labute approximate surface area is 131 Å². The van der Waals surface area contributed by atoms with E-state index in [1.807, 2.05) is 18.2 Å². The second kappa shape index (κ2) is 6.45. The van der Waals surface area contributed by atoms with E-state index in [1.165, 1.54) is 6.07 Å². The number of amides is 1. The van der Waals surface area contributed by atoms with Crippen LogP contribution in [0.4, 0.5) is 0 Å². The quantitative estimate of drug-likeness (QED) is 0.661. The van der Waals surface area contributed by atoms with Gasteiger partial charge in [-0.15, -0.1) is 0 Å². The molecular formula is C16H16N4O3. The van der Waals surface area contributed by atoms with Gasteiger partial charge in [0.15, 0.2) is 0 Å². The molecule has 7 heteroatoms. The molecule has 1 aromatic carbocycles. The van der Waals surface area contributed by atoms with Crippen LogP contribution in [0.2, 0.25) is 0 Å². The van der Waals surface area contributed by atoms with E-state index < -0.39 is 0 Å². The summed E-state index contributed by atoms with van der Waals surface area (Å²) in [6.07, 6.45) is 0. The first kappa shape index (κ1) is 15.0. The van der Waals surface area contributed by atoms with Gasteiger partial charge >= 0.3 is 0 Å². The summed E-state index contributed by atoms with van der Waals surface area (Å²) < 4.78 is 4.99. The monoisotopic (exact) mass is 312 g/mol. The predicted molar refractivity (Wildman–Crippen MR) is 85.0 cm³/mol. The Balaban J connectivity index is 1.79. The van der Waals surface area contributed by atoms with Crippen molar-refractivity contribution in [2.24, 2.45) is 0 Å². The van der Waals surface area contributed by atoms with Crippen molar-refractivity contribution >= 4 is 16.8 Å². The largest absolute Gasteiger partial charge is 0.378 e. The Kier molecular flexibility index (Phi) is 4.20. The zero-order valence-electron chi connectivity index (χ0n) is 12.6. The number of benzene rings is 1. The van der Waals surface area contributed by atoms with Crippen LogP contribution < -0.4 is 10.9 Å². The normalized spacial score (nSPS) is 10.8. The summed E-state index contributed by atoms with van der Waals surface area (Å²) in [7, 11) is 1.59. The highest BCUT2D eigenvalue weighted by Crippen LogP contribution is 2.14. The molecule has 0 saturated heterocycles. The number of hydrogen-bond donors (Lipinski definition) is 3. The zero-order valence-corrected chi connectivity index (χ0v) is 12.6. The van der Waals surface area contributed by atoms with E-state index in [2.05, 4.69) is 20.5 Å². The Morgan fingerprint density at radius 2 is 2.13 bits per heavy atom. The molecule has 0 spiro atoms. The van der Waals surface area contributed by atoms with Crippen molar-refractivity contribution in [3.8, 4) is 0 Å². The number of aromatic nitrogens is 3. The van der Waals surface area contributed by atoms with Gasteiger partial charge < -0.3 is 15.0 Å². The van der Waals surface area contributed by atoms with Crippen molar-refractivity contribution in [2.45, 2.75) is 13.2 Å². The van der Waals surface area contributed by atoms with Gasteiger partial charge in [0, 0.05) is 24.1 Å². The number of pyridine rings is 1. The molecule has 3 aromatic rings. The smallest absolute Gasteiger partial charge is 0.252 e. The standard InChI is InChI=1S/C16H16N4O3/c1-23-9-11-6-10(19-20-11)8-17-16(22)13-7-15(21)18-14-5-3-2-4-12(13)14/h2-7H,8-9H2,1H3,(H,17,22)(H,18,21)(H,19,20). The maximum absolute atomic E-state index is 12.4. The molecule has 0 radical (unpaired) electrons. The Morgan fingerprint density at radius 1 is 1.30 bits per heavy atom. The lowest BCUT2D eigenvalue weighted by Gasteiger charge is -2.06. The fourth-order valence-corrected chi connectivity index (χ4v) is 2.38. The molecule has 0 saturated carbocycles. The van der Waals surface area contributed by atoms with Gasteiger partial charge in [0.2, 0.25) is 5.56 Å². The highest BCUT2D eigenvalue weighted by atomic mass is 16.5. The number of H-pyrrole nitrogens is 2. The highest BCUT2D eigenvalue weighted by molar-refractivity contribution is 6.05. The minimum atomic E-state index is -0.310. The van der Waals surface area contributed by atoms with Crippen LogP contribution in [0, 0.1) is 0 Å². The van der Waals surface area contributed by atoms with Crippen LogP contribution in [0.15, 0.2) is 41.2 Å². The average molecular weight is 312 g/mol. The van der Waals surface area contributed by atoms with Gasteiger partial charge in [-0.3, -0.25) is 14.7 Å². The maximum Gasteiger partial charge on any atom is 0.252 e. The van der Waals surface area contributed by atoms with Crippen molar-refractivity contribution < 1.29 is 9.53 Å². The predicted octanol–water partition coefficient (Wildman–Crippen LogP) is 1.33. The van der Waals surface area contributed by atoms with E-state index in [9.17, 15) is 9.59 Å². The molecular weight excluding hydrogens is 296 g/mol. The Morgan fingerprint density at radius 3 is 2.96 bits per heavy atom. The number of hydrogen-bond acceptors (Lipinski definition) is 4. The van der Waals surface area contributed by atoms with Gasteiger partial charge in [-0.05, 0) is 12.1 Å². The molecule has 7 nitrogen and oxygen atoms in total. The van der Waals surface area contributed by atoms with Crippen molar-refractivity contribution in [1.29, 1.82) is 0 Å². The number of nitrogens with zero attached hydrogens (tertiary/aromatic N) is 1. The molecule has 2 aromatic heterocycles. The summed E-state index contributed by atoms with van der Waals surface area (Å²) in [6.45, 7) is 0.694. The van der Waals surface area contributed by atoms with Gasteiger partial charge in [-0.1, -0.05) is 18.2 Å². The van der Waals surface area contributed by atoms with E-state index in [-0.39, 0.29) is 18.0 Å². The summed E-state index contributed by atoms with van der Waals surface area (Å²) in [6, 6.07) is 10.3. The third-order valence-electron chi connectivity index (χ3n) is 3.41. The first-order valence-corrected chi connectivity index (χ1v) is 7.10. The van der Waals surface area contributed by atoms with E-state index in [1.54, 1.807) is 19.2 Å². The zero-order chi connectivity index (χ0) is 16.2. The second-order valence-corrected chi connectivity index (χ2v) is 5.09. The van der Waals surface area contributed by atoms with E-state index in [0.717, 1.165) is 11.4 Å². The van der Waals surface area contributed by atoms with Crippen LogP contribution in [-0.2, 0) is 17.9 Å². The van der Waals surface area contributed by atoms with Crippen LogP contribution in [0.5, 0.6) is 0 Å². The van der Waals surface area contributed by atoms with Crippen LogP contribution in [-0.4, -0.2) is 28.2 Å². The Bertz CT molecular complexity index is 897. The molecule has 0 unspecified atom stereocenters. The molecule has 3 N–H and O–H groups in total. The first-order chi connectivity index (χ1) is 11.2. The lowest BCUT2D eigenvalue weighted by atomic mass is 10.1. The van der Waals surface area contributed by atoms with Gasteiger partial charge in [0.25, 0.3) is 5.91 Å². The minimum Gasteiger partial charge on any atom is -0.378 e. The molecule has 0 bridgehead atoms. The summed E-state index contributed by atoms with van der Waals surface area (Å²) in [5.74, 6) is -0.310. The number of nitrogens with one attached hydrogen (secondary N) is 3. The number of carbonyl (C=O) groups excluding carboxylic acids is 1. The number of para-hydroxylation sites is 1. The lowest BCUT2D eigenvalue weighted by molar-refractivity contribution is 0.0952. The van der Waals surface area contributed by atoms with Crippen molar-refractivity contribution in [3.63, 3.8) is 0 Å². The average Bonchev–Trinajstić information content (AvgIpc) is 3.00. The molecule has 3 rings (SSSR count). The highest BCUT2D eigenvalue weighted by Gasteiger charge is 2.12. The molecule has 23 heavy (non-hydrogen) atoms. The Hall–Kier alpha value is -2.93. The fraction of sp³-hybridized carbons (Fsp3) is 0.188. The summed E-state index contributed by atoms with van der Waals surface area (Å²) in [5.41, 5.74) is 2.20. The minimum absolute atomic E-state index is 0.288. The molecule has 118 valence electrons. The van der Waals surface area contributed by atoms with E-state index in [4.69, 9.17) is 4.74 Å². The van der Waals surface area contributed by atoms with Gasteiger partial charge in [-0.25, -0.2) is 0 Å². The number of ether oxygens (including phenoxy) is 1. The van der Waals surface area contributed by atoms with Crippen LogP contribution >= 0.6 is 0 Å².